The summed E-state index contributed by atoms with van der Waals surface area (Å²) in [4.78, 5) is 18.8. The number of hydrogen-bond donors (Lipinski definition) is 0. The average molecular weight is 511 g/mol. The van der Waals surface area contributed by atoms with E-state index in [9.17, 15) is 18.0 Å². The minimum absolute atomic E-state index is 0.0374. The lowest BCUT2D eigenvalue weighted by molar-refractivity contribution is -0.139. The zero-order chi connectivity index (χ0) is 24.6. The van der Waals surface area contributed by atoms with Crippen molar-refractivity contribution in [3.63, 3.8) is 0 Å². The van der Waals surface area contributed by atoms with Crippen LogP contribution in [0.3, 0.4) is 0 Å². The first-order valence-corrected chi connectivity index (χ1v) is 12.2. The Kier molecular flexibility index (Phi) is 6.81. The second kappa shape index (κ2) is 9.85. The fourth-order valence-electron chi connectivity index (χ4n) is 4.59. The van der Waals surface area contributed by atoms with Gasteiger partial charge in [-0.1, -0.05) is 18.0 Å². The average Bonchev–Trinajstić information content (AvgIpc) is 3.20. The lowest BCUT2D eigenvalue weighted by atomic mass is 9.84. The van der Waals surface area contributed by atoms with E-state index >= 15 is 0 Å². The van der Waals surface area contributed by atoms with Gasteiger partial charge in [-0.05, 0) is 43.9 Å². The molecule has 188 valence electrons. The molecule has 0 spiro atoms. The number of ether oxygens (including phenoxy) is 3. The lowest BCUT2D eigenvalue weighted by Crippen LogP contribution is -2.39. The number of alkyl halides is 3. The second-order valence-electron chi connectivity index (χ2n) is 9.20. The van der Waals surface area contributed by atoms with Gasteiger partial charge < -0.3 is 19.1 Å². The van der Waals surface area contributed by atoms with E-state index in [-0.39, 0.29) is 28.6 Å². The van der Waals surface area contributed by atoms with Crippen LogP contribution in [0.15, 0.2) is 24.4 Å². The number of carbonyl (C=O) groups is 1. The Morgan fingerprint density at radius 1 is 1.17 bits per heavy atom. The van der Waals surface area contributed by atoms with E-state index in [1.807, 2.05) is 0 Å². The molecular weight excluding hydrogens is 485 g/mol. The minimum Gasteiger partial charge on any atom is -0.487 e. The van der Waals surface area contributed by atoms with Gasteiger partial charge in [0.1, 0.15) is 13.2 Å². The van der Waals surface area contributed by atoms with Crippen molar-refractivity contribution in [3.8, 4) is 22.8 Å². The lowest BCUT2D eigenvalue weighted by Gasteiger charge is -2.30. The van der Waals surface area contributed by atoms with Crippen LogP contribution in [0, 0.1) is 5.92 Å². The van der Waals surface area contributed by atoms with Crippen LogP contribution in [0.4, 0.5) is 13.2 Å². The van der Waals surface area contributed by atoms with Crippen LogP contribution in [0.5, 0.6) is 11.5 Å². The zero-order valence-electron chi connectivity index (χ0n) is 19.1. The Bertz CT molecular complexity index is 1100. The van der Waals surface area contributed by atoms with E-state index < -0.39 is 11.7 Å². The summed E-state index contributed by atoms with van der Waals surface area (Å²) in [6.45, 7) is 2.08. The first-order valence-electron chi connectivity index (χ1n) is 11.9. The Labute approximate surface area is 206 Å². The minimum atomic E-state index is -4.55. The Hall–Kier alpha value is -2.52. The van der Waals surface area contributed by atoms with Crippen molar-refractivity contribution in [1.29, 1.82) is 0 Å². The molecule has 0 radical (unpaired) electrons. The van der Waals surface area contributed by atoms with Crippen LogP contribution in [-0.4, -0.2) is 48.3 Å². The summed E-state index contributed by atoms with van der Waals surface area (Å²) in [7, 11) is 0. The first kappa shape index (κ1) is 24.2. The highest BCUT2D eigenvalue weighted by molar-refractivity contribution is 6.33. The van der Waals surface area contributed by atoms with Crippen molar-refractivity contribution in [1.82, 2.24) is 9.88 Å². The smallest absolute Gasteiger partial charge is 0.417 e. The first-order chi connectivity index (χ1) is 16.8. The van der Waals surface area contributed by atoms with Gasteiger partial charge in [0.05, 0.1) is 28.9 Å². The predicted octanol–water partition coefficient (Wildman–Crippen LogP) is 5.50. The molecule has 3 heterocycles. The van der Waals surface area contributed by atoms with Crippen molar-refractivity contribution < 1.29 is 32.2 Å². The third-order valence-corrected chi connectivity index (χ3v) is 7.05. The van der Waals surface area contributed by atoms with Crippen LogP contribution in [-0.2, 0) is 22.3 Å². The molecule has 0 N–H and O–H groups in total. The zero-order valence-corrected chi connectivity index (χ0v) is 19.8. The van der Waals surface area contributed by atoms with Gasteiger partial charge in [-0.2, -0.15) is 13.2 Å². The van der Waals surface area contributed by atoms with E-state index in [1.165, 1.54) is 0 Å². The van der Waals surface area contributed by atoms with Crippen molar-refractivity contribution in [2.24, 2.45) is 5.92 Å². The van der Waals surface area contributed by atoms with E-state index in [0.29, 0.717) is 55.5 Å². The SMILES string of the molecule is O=C(C1CCC1)N1CCOc2c(cc(-c3ncc(C(F)(F)F)cc3Cl)cc2OC[C@H]2CCCO2)C1. The Morgan fingerprint density at radius 3 is 2.66 bits per heavy atom. The molecule has 2 fully saturated rings. The molecule has 6 nitrogen and oxygen atoms in total. The number of nitrogens with zero attached hydrogens (tertiary/aromatic N) is 2. The monoisotopic (exact) mass is 510 g/mol. The van der Waals surface area contributed by atoms with Gasteiger partial charge in [0.15, 0.2) is 11.5 Å². The largest absolute Gasteiger partial charge is 0.487 e. The maximum atomic E-state index is 13.1. The number of benzene rings is 1. The number of rotatable bonds is 5. The normalized spacial score (nSPS) is 20.6. The number of carbonyl (C=O) groups excluding carboxylic acids is 1. The van der Waals surface area contributed by atoms with Crippen molar-refractivity contribution in [2.45, 2.75) is 50.9 Å². The summed E-state index contributed by atoms with van der Waals surface area (Å²) in [6, 6.07) is 4.31. The molecule has 2 aliphatic heterocycles. The predicted molar refractivity (Wildman–Crippen MR) is 122 cm³/mol. The van der Waals surface area contributed by atoms with Gasteiger partial charge in [0, 0.05) is 36.4 Å². The van der Waals surface area contributed by atoms with Gasteiger partial charge in [-0.25, -0.2) is 0 Å². The molecule has 1 aromatic heterocycles. The third-order valence-electron chi connectivity index (χ3n) is 6.76. The van der Waals surface area contributed by atoms with Gasteiger partial charge in [0.2, 0.25) is 5.91 Å². The molecule has 1 saturated carbocycles. The Balaban J connectivity index is 1.50. The summed E-state index contributed by atoms with van der Waals surface area (Å²) < 4.78 is 57.1. The van der Waals surface area contributed by atoms with Gasteiger partial charge in [-0.15, -0.1) is 0 Å². The fraction of sp³-hybridized carbons (Fsp3) is 0.520. The van der Waals surface area contributed by atoms with E-state index in [0.717, 1.165) is 44.4 Å². The third kappa shape index (κ3) is 5.21. The highest BCUT2D eigenvalue weighted by Crippen LogP contribution is 2.41. The summed E-state index contributed by atoms with van der Waals surface area (Å²) in [6.07, 6.45) is 0.876. The second-order valence-corrected chi connectivity index (χ2v) is 9.60. The molecule has 1 saturated heterocycles. The van der Waals surface area contributed by atoms with Crippen LogP contribution in [0.25, 0.3) is 11.3 Å². The van der Waals surface area contributed by atoms with Crippen LogP contribution < -0.4 is 9.47 Å². The molecule has 10 heteroatoms. The fourth-order valence-corrected chi connectivity index (χ4v) is 4.87. The highest BCUT2D eigenvalue weighted by Gasteiger charge is 2.33. The Morgan fingerprint density at radius 2 is 2.00 bits per heavy atom. The van der Waals surface area contributed by atoms with Gasteiger partial charge in [-0.3, -0.25) is 9.78 Å². The molecule has 35 heavy (non-hydrogen) atoms. The van der Waals surface area contributed by atoms with Gasteiger partial charge in [0.25, 0.3) is 0 Å². The van der Waals surface area contributed by atoms with E-state index in [2.05, 4.69) is 4.98 Å². The number of halogens is 4. The summed E-state index contributed by atoms with van der Waals surface area (Å²) >= 11 is 6.25. The standard InChI is InChI=1S/C25H26ClF3N2O4/c26-20-11-18(25(27,28)29)12-30-22(20)16-9-17-13-31(24(32)15-3-1-4-15)6-8-34-23(17)21(10-16)35-14-19-5-2-7-33-19/h9-12,15,19H,1-8,13-14H2/t19-/m1/s1. The van der Waals surface area contributed by atoms with Crippen LogP contribution in [0.1, 0.15) is 43.2 Å². The molecular formula is C25H26ClF3N2O4. The molecule has 1 aromatic carbocycles. The van der Waals surface area contributed by atoms with Gasteiger partial charge >= 0.3 is 6.18 Å². The van der Waals surface area contributed by atoms with Crippen LogP contribution in [0.2, 0.25) is 5.02 Å². The molecule has 1 aliphatic carbocycles. The molecule has 1 amide bonds. The number of aromatic nitrogens is 1. The molecule has 5 rings (SSSR count). The summed E-state index contributed by atoms with van der Waals surface area (Å²) in [5.74, 6) is 1.11. The number of pyridine rings is 1. The molecule has 0 bridgehead atoms. The van der Waals surface area contributed by atoms with Crippen molar-refractivity contribution in [2.75, 3.05) is 26.4 Å². The van der Waals surface area contributed by atoms with E-state index in [4.69, 9.17) is 25.8 Å². The maximum absolute atomic E-state index is 13.1. The van der Waals surface area contributed by atoms with Crippen molar-refractivity contribution >= 4 is 17.5 Å². The number of fused-ring (bicyclic) bond motifs is 1. The molecule has 2 aromatic rings. The number of hydrogen-bond acceptors (Lipinski definition) is 5. The molecule has 3 aliphatic rings. The topological polar surface area (TPSA) is 60.9 Å². The molecule has 0 unspecified atom stereocenters. The number of amides is 1. The quantitative estimate of drug-likeness (QED) is 0.531. The highest BCUT2D eigenvalue weighted by atomic mass is 35.5. The van der Waals surface area contributed by atoms with E-state index in [1.54, 1.807) is 17.0 Å². The summed E-state index contributed by atoms with van der Waals surface area (Å²) in [5.41, 5.74) is 0.473. The van der Waals surface area contributed by atoms with Crippen LogP contribution >= 0.6 is 11.6 Å². The molecule has 1 atom stereocenters. The van der Waals surface area contributed by atoms with Crippen molar-refractivity contribution in [3.05, 3.63) is 40.5 Å². The maximum Gasteiger partial charge on any atom is 0.417 e. The summed E-state index contributed by atoms with van der Waals surface area (Å²) in [5, 5.41) is -0.123.